The van der Waals surface area contributed by atoms with Gasteiger partial charge in [-0.1, -0.05) is 28.1 Å². The van der Waals surface area contributed by atoms with Crippen molar-refractivity contribution in [3.05, 3.63) is 34.3 Å². The second-order valence-electron chi connectivity index (χ2n) is 4.18. The quantitative estimate of drug-likeness (QED) is 0.870. The minimum atomic E-state index is -0.0949. The zero-order valence-electron chi connectivity index (χ0n) is 9.78. The second-order valence-corrected chi connectivity index (χ2v) is 5.09. The third kappa shape index (κ3) is 2.87. The zero-order valence-corrected chi connectivity index (χ0v) is 11.4. The van der Waals surface area contributed by atoms with Crippen molar-refractivity contribution in [2.45, 2.75) is 12.8 Å². The van der Waals surface area contributed by atoms with E-state index in [1.165, 1.54) is 5.56 Å². The van der Waals surface area contributed by atoms with E-state index >= 15 is 0 Å². The van der Waals surface area contributed by atoms with E-state index in [2.05, 4.69) is 33.4 Å². The molecule has 2 unspecified atom stereocenters. The van der Waals surface area contributed by atoms with Crippen molar-refractivity contribution in [3.63, 3.8) is 0 Å². The predicted molar refractivity (Wildman–Crippen MR) is 69.9 cm³/mol. The number of carbonyl (C=O) groups excluding carboxylic acids is 1. The Morgan fingerprint density at radius 3 is 3.06 bits per heavy atom. The molecule has 0 spiro atoms. The molecule has 0 aliphatic carbocycles. The maximum Gasteiger partial charge on any atom is 0.310 e. The summed E-state index contributed by atoms with van der Waals surface area (Å²) in [6.07, 6.45) is 0. The number of nitrogens with one attached hydrogen (secondary N) is 1. The number of esters is 1. The van der Waals surface area contributed by atoms with Crippen molar-refractivity contribution in [3.8, 4) is 0 Å². The van der Waals surface area contributed by atoms with Crippen molar-refractivity contribution in [2.24, 2.45) is 5.92 Å². The Morgan fingerprint density at radius 2 is 2.35 bits per heavy atom. The van der Waals surface area contributed by atoms with Gasteiger partial charge >= 0.3 is 5.97 Å². The van der Waals surface area contributed by atoms with E-state index in [1.807, 2.05) is 19.1 Å². The van der Waals surface area contributed by atoms with Gasteiger partial charge in [0.1, 0.15) is 0 Å². The molecule has 0 aromatic heterocycles. The molecule has 2 rings (SSSR count). The number of ether oxygens (including phenoxy) is 1. The summed E-state index contributed by atoms with van der Waals surface area (Å²) in [6.45, 7) is 3.82. The number of benzene rings is 1. The van der Waals surface area contributed by atoms with E-state index in [4.69, 9.17) is 4.74 Å². The van der Waals surface area contributed by atoms with E-state index in [9.17, 15) is 4.79 Å². The van der Waals surface area contributed by atoms with Crippen LogP contribution in [0.15, 0.2) is 28.7 Å². The summed E-state index contributed by atoms with van der Waals surface area (Å²) in [6, 6.07) is 8.13. The molecule has 1 aromatic rings. The van der Waals surface area contributed by atoms with E-state index in [-0.39, 0.29) is 17.8 Å². The molecule has 1 saturated heterocycles. The summed E-state index contributed by atoms with van der Waals surface area (Å²) >= 11 is 3.46. The predicted octanol–water partition coefficient (Wildman–Crippen LogP) is 2.32. The van der Waals surface area contributed by atoms with Crippen LogP contribution in [-0.2, 0) is 9.53 Å². The van der Waals surface area contributed by atoms with Crippen LogP contribution in [-0.4, -0.2) is 25.7 Å². The highest BCUT2D eigenvalue weighted by Gasteiger charge is 2.34. The largest absolute Gasteiger partial charge is 0.466 e. The van der Waals surface area contributed by atoms with Gasteiger partial charge in [0.25, 0.3) is 0 Å². The van der Waals surface area contributed by atoms with Gasteiger partial charge in [-0.2, -0.15) is 0 Å². The van der Waals surface area contributed by atoms with Gasteiger partial charge in [-0.25, -0.2) is 0 Å². The lowest BCUT2D eigenvalue weighted by Gasteiger charge is -2.17. The summed E-state index contributed by atoms with van der Waals surface area (Å²) in [4.78, 5) is 11.8. The summed E-state index contributed by atoms with van der Waals surface area (Å²) in [7, 11) is 0. The van der Waals surface area contributed by atoms with Crippen LogP contribution in [0.3, 0.4) is 0 Å². The third-order valence-electron chi connectivity index (χ3n) is 3.08. The maximum absolute atomic E-state index is 11.8. The summed E-state index contributed by atoms with van der Waals surface area (Å²) in [5.74, 6) is 0.0540. The average molecular weight is 298 g/mol. The van der Waals surface area contributed by atoms with Crippen LogP contribution >= 0.6 is 15.9 Å². The van der Waals surface area contributed by atoms with E-state index < -0.39 is 0 Å². The first-order valence-corrected chi connectivity index (χ1v) is 6.64. The maximum atomic E-state index is 11.8. The Bertz CT molecular complexity index is 408. The molecule has 1 N–H and O–H groups in total. The van der Waals surface area contributed by atoms with Gasteiger partial charge in [-0.05, 0) is 24.6 Å². The van der Waals surface area contributed by atoms with Gasteiger partial charge in [0.2, 0.25) is 0 Å². The second kappa shape index (κ2) is 5.65. The van der Waals surface area contributed by atoms with Crippen LogP contribution in [0.2, 0.25) is 0 Å². The molecular formula is C13H16BrNO2. The molecule has 0 amide bonds. The molecule has 1 fully saturated rings. The smallest absolute Gasteiger partial charge is 0.310 e. The summed E-state index contributed by atoms with van der Waals surface area (Å²) in [5, 5.41) is 3.26. The highest BCUT2D eigenvalue weighted by molar-refractivity contribution is 9.10. The van der Waals surface area contributed by atoms with Crippen LogP contribution in [0.25, 0.3) is 0 Å². The number of hydrogen-bond acceptors (Lipinski definition) is 3. The van der Waals surface area contributed by atoms with Crippen molar-refractivity contribution in [1.82, 2.24) is 5.32 Å². The molecule has 3 nitrogen and oxygen atoms in total. The molecule has 1 aliphatic rings. The molecule has 0 radical (unpaired) electrons. The highest BCUT2D eigenvalue weighted by atomic mass is 79.9. The van der Waals surface area contributed by atoms with Crippen molar-refractivity contribution < 1.29 is 9.53 Å². The van der Waals surface area contributed by atoms with Gasteiger partial charge in [-0.15, -0.1) is 0 Å². The Labute approximate surface area is 110 Å². The minimum absolute atomic E-state index is 0.0655. The van der Waals surface area contributed by atoms with Crippen LogP contribution < -0.4 is 5.32 Å². The zero-order chi connectivity index (χ0) is 12.3. The van der Waals surface area contributed by atoms with Crippen molar-refractivity contribution >= 4 is 21.9 Å². The SMILES string of the molecule is CCOC(=O)C1CNCC1c1cccc(Br)c1. The van der Waals surface area contributed by atoms with Crippen LogP contribution in [0.1, 0.15) is 18.4 Å². The Kier molecular flexibility index (Phi) is 4.18. The minimum Gasteiger partial charge on any atom is -0.466 e. The highest BCUT2D eigenvalue weighted by Crippen LogP contribution is 2.30. The Hall–Kier alpha value is -0.870. The third-order valence-corrected chi connectivity index (χ3v) is 3.57. The molecule has 1 aromatic carbocycles. The number of halogens is 1. The van der Waals surface area contributed by atoms with Gasteiger partial charge in [0.15, 0.2) is 0 Å². The topological polar surface area (TPSA) is 38.3 Å². The van der Waals surface area contributed by atoms with Crippen LogP contribution in [0, 0.1) is 5.92 Å². The fourth-order valence-corrected chi connectivity index (χ4v) is 2.68. The molecule has 1 aliphatic heterocycles. The van der Waals surface area contributed by atoms with E-state index in [1.54, 1.807) is 0 Å². The fourth-order valence-electron chi connectivity index (χ4n) is 2.26. The number of rotatable bonds is 3. The number of hydrogen-bond donors (Lipinski definition) is 1. The van der Waals surface area contributed by atoms with Crippen LogP contribution in [0.4, 0.5) is 0 Å². The monoisotopic (exact) mass is 297 g/mol. The lowest BCUT2D eigenvalue weighted by Crippen LogP contribution is -2.24. The van der Waals surface area contributed by atoms with Crippen molar-refractivity contribution in [1.29, 1.82) is 0 Å². The van der Waals surface area contributed by atoms with Gasteiger partial charge in [0.05, 0.1) is 12.5 Å². The Morgan fingerprint density at radius 1 is 1.53 bits per heavy atom. The molecular weight excluding hydrogens is 282 g/mol. The number of carbonyl (C=O) groups is 1. The van der Waals surface area contributed by atoms with Crippen LogP contribution in [0.5, 0.6) is 0 Å². The van der Waals surface area contributed by atoms with Gasteiger partial charge < -0.3 is 10.1 Å². The molecule has 2 atom stereocenters. The molecule has 1 heterocycles. The van der Waals surface area contributed by atoms with Gasteiger partial charge in [-0.3, -0.25) is 4.79 Å². The molecule has 4 heteroatoms. The first-order chi connectivity index (χ1) is 8.22. The lowest BCUT2D eigenvalue weighted by molar-refractivity contribution is -0.147. The first kappa shape index (κ1) is 12.6. The molecule has 0 bridgehead atoms. The lowest BCUT2D eigenvalue weighted by atomic mass is 9.89. The average Bonchev–Trinajstić information content (AvgIpc) is 2.78. The van der Waals surface area contributed by atoms with Crippen molar-refractivity contribution in [2.75, 3.05) is 19.7 Å². The summed E-state index contributed by atoms with van der Waals surface area (Å²) < 4.78 is 6.16. The molecule has 0 saturated carbocycles. The Balaban J connectivity index is 2.17. The fraction of sp³-hybridized carbons (Fsp3) is 0.462. The molecule has 17 heavy (non-hydrogen) atoms. The standard InChI is InChI=1S/C13H16BrNO2/c1-2-17-13(16)12-8-15-7-11(12)9-4-3-5-10(14)6-9/h3-6,11-12,15H,2,7-8H2,1H3. The normalized spacial score (nSPS) is 23.6. The summed E-state index contributed by atoms with van der Waals surface area (Å²) in [5.41, 5.74) is 1.18. The first-order valence-electron chi connectivity index (χ1n) is 5.85. The molecule has 92 valence electrons. The van der Waals surface area contributed by atoms with E-state index in [0.717, 1.165) is 11.0 Å². The van der Waals surface area contributed by atoms with Gasteiger partial charge in [0, 0.05) is 23.5 Å². The van der Waals surface area contributed by atoms with E-state index in [0.29, 0.717) is 13.2 Å².